The van der Waals surface area contributed by atoms with E-state index in [0.29, 0.717) is 0 Å². The van der Waals surface area contributed by atoms with Crippen LogP contribution in [-0.2, 0) is 9.47 Å². The van der Waals surface area contributed by atoms with Crippen LogP contribution in [0.5, 0.6) is 0 Å². The molecule has 1 aliphatic heterocycles. The Morgan fingerprint density at radius 2 is 1.90 bits per heavy atom. The monoisotopic (exact) mass is 292 g/mol. The average Bonchev–Trinajstić information content (AvgIpc) is 2.53. The molecule has 0 bridgehead atoms. The highest BCUT2D eigenvalue weighted by atomic mass is 16.7. The first-order valence-corrected chi connectivity index (χ1v) is 8.80. The van der Waals surface area contributed by atoms with Gasteiger partial charge < -0.3 is 9.47 Å². The van der Waals surface area contributed by atoms with Crippen molar-refractivity contribution < 1.29 is 9.47 Å². The van der Waals surface area contributed by atoms with Gasteiger partial charge in [0, 0.05) is 19.6 Å². The summed E-state index contributed by atoms with van der Waals surface area (Å²) in [5, 5.41) is 0. The van der Waals surface area contributed by atoms with E-state index in [1.807, 2.05) is 6.08 Å². The van der Waals surface area contributed by atoms with Crippen LogP contribution >= 0.6 is 0 Å². The Bertz CT molecular complexity index is 305. The minimum absolute atomic E-state index is 0.0825. The van der Waals surface area contributed by atoms with E-state index in [-0.39, 0.29) is 6.29 Å². The third-order valence-corrected chi connectivity index (χ3v) is 3.68. The maximum Gasteiger partial charge on any atom is 0.157 e. The summed E-state index contributed by atoms with van der Waals surface area (Å²) in [6, 6.07) is 0. The standard InChI is InChI=1S/C19H32O2/c1-2-3-4-5-6-7-8-9-10-11-12-14-17-20-19-16-13-15-18-21-19/h3-4,19H,2,7-18H2,1H3/b4-3-. The van der Waals surface area contributed by atoms with Gasteiger partial charge in [0.25, 0.3) is 0 Å². The molecule has 1 heterocycles. The zero-order valence-corrected chi connectivity index (χ0v) is 13.7. The lowest BCUT2D eigenvalue weighted by Crippen LogP contribution is -2.22. The van der Waals surface area contributed by atoms with E-state index >= 15 is 0 Å². The molecule has 21 heavy (non-hydrogen) atoms. The topological polar surface area (TPSA) is 18.5 Å². The van der Waals surface area contributed by atoms with E-state index in [2.05, 4.69) is 24.8 Å². The second kappa shape index (κ2) is 14.2. The maximum atomic E-state index is 5.73. The van der Waals surface area contributed by atoms with Gasteiger partial charge in [-0.2, -0.15) is 0 Å². The number of rotatable bonds is 10. The van der Waals surface area contributed by atoms with E-state index in [1.54, 1.807) is 0 Å². The highest BCUT2D eigenvalue weighted by molar-refractivity contribution is 5.14. The molecule has 1 fully saturated rings. The van der Waals surface area contributed by atoms with E-state index in [4.69, 9.17) is 9.47 Å². The molecule has 0 aromatic rings. The van der Waals surface area contributed by atoms with Gasteiger partial charge in [0.05, 0.1) is 0 Å². The fourth-order valence-corrected chi connectivity index (χ4v) is 2.39. The molecule has 2 heteroatoms. The predicted octanol–water partition coefficient (Wildman–Crippen LogP) is 5.23. The van der Waals surface area contributed by atoms with Crippen molar-refractivity contribution in [3.63, 3.8) is 0 Å². The number of allylic oxidation sites excluding steroid dienone is 2. The Labute approximate surface area is 131 Å². The Morgan fingerprint density at radius 1 is 1.10 bits per heavy atom. The Balaban J connectivity index is 1.77. The number of hydrogen-bond acceptors (Lipinski definition) is 2. The molecule has 0 spiro atoms. The average molecular weight is 292 g/mol. The molecule has 1 aliphatic rings. The lowest BCUT2D eigenvalue weighted by Gasteiger charge is -2.22. The summed E-state index contributed by atoms with van der Waals surface area (Å²) in [4.78, 5) is 0. The second-order valence-electron chi connectivity index (χ2n) is 5.67. The van der Waals surface area contributed by atoms with Gasteiger partial charge in [0.2, 0.25) is 0 Å². The van der Waals surface area contributed by atoms with Gasteiger partial charge in [-0.1, -0.05) is 50.5 Å². The SMILES string of the molecule is CC/C=C\C#CCCCCCCCCOC1CCCCO1. The third-order valence-electron chi connectivity index (χ3n) is 3.68. The Morgan fingerprint density at radius 3 is 2.67 bits per heavy atom. The molecular formula is C19H32O2. The molecule has 0 radical (unpaired) electrons. The summed E-state index contributed by atoms with van der Waals surface area (Å²) < 4.78 is 11.3. The fraction of sp³-hybridized carbons (Fsp3) is 0.789. The predicted molar refractivity (Wildman–Crippen MR) is 89.1 cm³/mol. The summed E-state index contributed by atoms with van der Waals surface area (Å²) in [7, 11) is 0. The van der Waals surface area contributed by atoms with E-state index in [1.165, 1.54) is 51.4 Å². The van der Waals surface area contributed by atoms with Crippen molar-refractivity contribution in [1.29, 1.82) is 0 Å². The van der Waals surface area contributed by atoms with Crippen molar-refractivity contribution in [1.82, 2.24) is 0 Å². The summed E-state index contributed by atoms with van der Waals surface area (Å²) in [6.07, 6.45) is 17.4. The fourth-order valence-electron chi connectivity index (χ4n) is 2.39. The Hall–Kier alpha value is -0.780. The zero-order chi connectivity index (χ0) is 15.0. The van der Waals surface area contributed by atoms with Gasteiger partial charge >= 0.3 is 0 Å². The van der Waals surface area contributed by atoms with Crippen LogP contribution in [0.2, 0.25) is 0 Å². The van der Waals surface area contributed by atoms with Gasteiger partial charge in [0.15, 0.2) is 6.29 Å². The molecule has 0 saturated carbocycles. The molecule has 1 atom stereocenters. The minimum atomic E-state index is 0.0825. The summed E-state index contributed by atoms with van der Waals surface area (Å²) >= 11 is 0. The molecule has 0 amide bonds. The van der Waals surface area contributed by atoms with Crippen molar-refractivity contribution in [3.05, 3.63) is 12.2 Å². The molecular weight excluding hydrogens is 260 g/mol. The first kappa shape index (κ1) is 18.3. The van der Waals surface area contributed by atoms with Crippen LogP contribution in [-0.4, -0.2) is 19.5 Å². The van der Waals surface area contributed by atoms with Crippen LogP contribution in [0.25, 0.3) is 0 Å². The van der Waals surface area contributed by atoms with Crippen LogP contribution in [0.1, 0.15) is 77.6 Å². The van der Waals surface area contributed by atoms with Crippen molar-refractivity contribution in [2.24, 2.45) is 0 Å². The van der Waals surface area contributed by atoms with E-state index < -0.39 is 0 Å². The van der Waals surface area contributed by atoms with E-state index in [9.17, 15) is 0 Å². The van der Waals surface area contributed by atoms with Crippen molar-refractivity contribution >= 4 is 0 Å². The Kier molecular flexibility index (Phi) is 12.3. The highest BCUT2D eigenvalue weighted by Gasteiger charge is 2.13. The lowest BCUT2D eigenvalue weighted by molar-refractivity contribution is -0.162. The van der Waals surface area contributed by atoms with Gasteiger partial charge in [-0.15, -0.1) is 0 Å². The minimum Gasteiger partial charge on any atom is -0.353 e. The smallest absolute Gasteiger partial charge is 0.157 e. The molecule has 120 valence electrons. The van der Waals surface area contributed by atoms with Crippen LogP contribution < -0.4 is 0 Å². The molecule has 0 aromatic heterocycles. The largest absolute Gasteiger partial charge is 0.353 e. The van der Waals surface area contributed by atoms with Gasteiger partial charge in [-0.05, 0) is 44.6 Å². The van der Waals surface area contributed by atoms with Crippen LogP contribution in [0.15, 0.2) is 12.2 Å². The van der Waals surface area contributed by atoms with Crippen LogP contribution in [0.3, 0.4) is 0 Å². The van der Waals surface area contributed by atoms with E-state index in [0.717, 1.165) is 32.5 Å². The van der Waals surface area contributed by atoms with Crippen LogP contribution in [0, 0.1) is 11.8 Å². The van der Waals surface area contributed by atoms with Crippen molar-refractivity contribution in [2.45, 2.75) is 83.8 Å². The first-order valence-electron chi connectivity index (χ1n) is 8.80. The highest BCUT2D eigenvalue weighted by Crippen LogP contribution is 2.14. The molecule has 1 rings (SSSR count). The molecule has 0 aromatic carbocycles. The summed E-state index contributed by atoms with van der Waals surface area (Å²) in [6.45, 7) is 3.87. The molecule has 1 saturated heterocycles. The van der Waals surface area contributed by atoms with Gasteiger partial charge in [-0.3, -0.25) is 0 Å². The summed E-state index contributed by atoms with van der Waals surface area (Å²) in [5.41, 5.74) is 0. The molecule has 0 N–H and O–H groups in total. The second-order valence-corrected chi connectivity index (χ2v) is 5.67. The van der Waals surface area contributed by atoms with Crippen LogP contribution in [0.4, 0.5) is 0 Å². The van der Waals surface area contributed by atoms with Crippen molar-refractivity contribution in [3.8, 4) is 11.8 Å². The molecule has 2 nitrogen and oxygen atoms in total. The molecule has 0 aliphatic carbocycles. The molecule has 1 unspecified atom stereocenters. The third kappa shape index (κ3) is 11.5. The zero-order valence-electron chi connectivity index (χ0n) is 13.7. The first-order chi connectivity index (χ1) is 10.4. The normalized spacial score (nSPS) is 18.6. The number of unbranched alkanes of at least 4 members (excludes halogenated alkanes) is 6. The number of ether oxygens (including phenoxy) is 2. The van der Waals surface area contributed by atoms with Gasteiger partial charge in [0.1, 0.15) is 0 Å². The van der Waals surface area contributed by atoms with Crippen molar-refractivity contribution in [2.75, 3.05) is 13.2 Å². The lowest BCUT2D eigenvalue weighted by atomic mass is 10.1. The number of hydrogen-bond donors (Lipinski definition) is 0. The summed E-state index contributed by atoms with van der Waals surface area (Å²) in [5.74, 6) is 6.27. The quantitative estimate of drug-likeness (QED) is 0.405. The van der Waals surface area contributed by atoms with Gasteiger partial charge in [-0.25, -0.2) is 0 Å². The maximum absolute atomic E-state index is 5.73.